The lowest BCUT2D eigenvalue weighted by Crippen LogP contribution is -2.45. The van der Waals surface area contributed by atoms with Crippen molar-refractivity contribution < 1.29 is 23.9 Å². The molecule has 0 spiro atoms. The van der Waals surface area contributed by atoms with Gasteiger partial charge in [0.2, 0.25) is 5.91 Å². The molecule has 0 aromatic heterocycles. The quantitative estimate of drug-likeness (QED) is 0.449. The fourth-order valence-corrected chi connectivity index (χ4v) is 4.20. The van der Waals surface area contributed by atoms with Crippen LogP contribution in [0.1, 0.15) is 27.9 Å². The Morgan fingerprint density at radius 3 is 2.26 bits per heavy atom. The van der Waals surface area contributed by atoms with Crippen LogP contribution in [0.4, 0.5) is 5.69 Å². The summed E-state index contributed by atoms with van der Waals surface area (Å²) < 4.78 is 10.6. The maximum absolute atomic E-state index is 13.7. The summed E-state index contributed by atoms with van der Waals surface area (Å²) in [6.45, 7) is 2.13. The Morgan fingerprint density at radius 1 is 0.971 bits per heavy atom. The number of carbonyl (C=O) groups excluding carboxylic acids is 3. The minimum absolute atomic E-state index is 0.119. The van der Waals surface area contributed by atoms with Gasteiger partial charge in [0.25, 0.3) is 11.8 Å². The van der Waals surface area contributed by atoms with Gasteiger partial charge in [0.15, 0.2) is 11.5 Å². The summed E-state index contributed by atoms with van der Waals surface area (Å²) in [5.74, 6) is -0.356. The van der Waals surface area contributed by atoms with Crippen molar-refractivity contribution in [2.75, 3.05) is 19.1 Å². The molecule has 1 fully saturated rings. The maximum atomic E-state index is 13.7. The molecule has 1 heterocycles. The summed E-state index contributed by atoms with van der Waals surface area (Å²) in [5.41, 5.74) is 2.66. The third kappa shape index (κ3) is 5.00. The van der Waals surface area contributed by atoms with Crippen molar-refractivity contribution in [1.82, 2.24) is 4.90 Å². The highest BCUT2D eigenvalue weighted by atomic mass is 35.5. The van der Waals surface area contributed by atoms with Gasteiger partial charge >= 0.3 is 0 Å². The molecule has 35 heavy (non-hydrogen) atoms. The molecule has 1 aliphatic heterocycles. The predicted octanol–water partition coefficient (Wildman–Crippen LogP) is 4.64. The van der Waals surface area contributed by atoms with Gasteiger partial charge in [0.05, 0.1) is 26.3 Å². The van der Waals surface area contributed by atoms with Gasteiger partial charge in [0, 0.05) is 17.1 Å². The molecule has 3 aromatic rings. The van der Waals surface area contributed by atoms with Crippen LogP contribution < -0.4 is 14.4 Å². The van der Waals surface area contributed by atoms with Crippen LogP contribution in [0.5, 0.6) is 11.5 Å². The van der Waals surface area contributed by atoms with Gasteiger partial charge < -0.3 is 14.4 Å². The Hall–Kier alpha value is -3.84. The van der Waals surface area contributed by atoms with Crippen LogP contribution in [-0.4, -0.2) is 42.9 Å². The predicted molar refractivity (Wildman–Crippen MR) is 133 cm³/mol. The second-order valence-electron chi connectivity index (χ2n) is 8.25. The van der Waals surface area contributed by atoms with Crippen molar-refractivity contribution in [1.29, 1.82) is 0 Å². The number of hydrogen-bond donors (Lipinski definition) is 0. The van der Waals surface area contributed by atoms with E-state index >= 15 is 0 Å². The molecule has 1 aliphatic rings. The van der Waals surface area contributed by atoms with E-state index < -0.39 is 17.9 Å². The number of methoxy groups -OCH3 is 2. The minimum Gasteiger partial charge on any atom is -0.493 e. The van der Waals surface area contributed by atoms with Crippen molar-refractivity contribution in [3.8, 4) is 11.5 Å². The number of imide groups is 1. The third-order valence-corrected chi connectivity index (χ3v) is 6.20. The van der Waals surface area contributed by atoms with Crippen LogP contribution in [0.2, 0.25) is 5.02 Å². The number of hydrogen-bond acceptors (Lipinski definition) is 5. The fourth-order valence-electron chi connectivity index (χ4n) is 4.07. The molecule has 0 N–H and O–H groups in total. The number of ether oxygens (including phenoxy) is 2. The van der Waals surface area contributed by atoms with Crippen molar-refractivity contribution in [3.05, 3.63) is 88.4 Å². The Labute approximate surface area is 208 Å². The average Bonchev–Trinajstić information content (AvgIpc) is 3.16. The standard InChI is InChI=1S/C27H25ClN2O5/c1-17-4-6-18(7-5-17)16-29(26(32)19-8-13-23(34-2)24(14-19)35-3)22-15-25(31)30(27(22)33)21-11-9-20(28)10-12-21/h4-14,22H,15-16H2,1-3H3. The summed E-state index contributed by atoms with van der Waals surface area (Å²) >= 11 is 5.97. The SMILES string of the molecule is COc1ccc(C(=O)N(Cc2ccc(C)cc2)C2CC(=O)N(c3ccc(Cl)cc3)C2=O)cc1OC. The van der Waals surface area contributed by atoms with Gasteiger partial charge in [0.1, 0.15) is 6.04 Å². The lowest BCUT2D eigenvalue weighted by atomic mass is 10.1. The van der Waals surface area contributed by atoms with E-state index in [9.17, 15) is 14.4 Å². The first-order valence-corrected chi connectivity index (χ1v) is 11.4. The number of rotatable bonds is 7. The zero-order valence-corrected chi connectivity index (χ0v) is 20.4. The van der Waals surface area contributed by atoms with E-state index in [4.69, 9.17) is 21.1 Å². The number of aryl methyl sites for hydroxylation is 1. The van der Waals surface area contributed by atoms with Crippen LogP contribution >= 0.6 is 11.6 Å². The molecule has 3 amide bonds. The zero-order valence-electron chi connectivity index (χ0n) is 19.7. The number of nitrogens with zero attached hydrogens (tertiary/aromatic N) is 2. The second kappa shape index (κ2) is 10.2. The fraction of sp³-hybridized carbons (Fsp3) is 0.222. The summed E-state index contributed by atoms with van der Waals surface area (Å²) in [4.78, 5) is 42.7. The van der Waals surface area contributed by atoms with E-state index in [0.29, 0.717) is 27.8 Å². The van der Waals surface area contributed by atoms with E-state index in [1.54, 1.807) is 42.5 Å². The molecule has 0 aliphatic carbocycles. The van der Waals surface area contributed by atoms with Crippen LogP contribution in [0.15, 0.2) is 66.7 Å². The molecule has 8 heteroatoms. The topological polar surface area (TPSA) is 76.2 Å². The molecule has 0 bridgehead atoms. The van der Waals surface area contributed by atoms with Crippen LogP contribution in [0.3, 0.4) is 0 Å². The molecule has 1 atom stereocenters. The number of carbonyl (C=O) groups is 3. The van der Waals surface area contributed by atoms with Crippen LogP contribution in [-0.2, 0) is 16.1 Å². The van der Waals surface area contributed by atoms with Crippen LogP contribution in [0, 0.1) is 6.92 Å². The third-order valence-electron chi connectivity index (χ3n) is 5.95. The van der Waals surface area contributed by atoms with Gasteiger partial charge in [-0.15, -0.1) is 0 Å². The monoisotopic (exact) mass is 492 g/mol. The van der Waals surface area contributed by atoms with Crippen molar-refractivity contribution in [2.45, 2.75) is 25.9 Å². The molecule has 3 aromatic carbocycles. The number of anilines is 1. The Morgan fingerprint density at radius 2 is 1.63 bits per heavy atom. The smallest absolute Gasteiger partial charge is 0.257 e. The lowest BCUT2D eigenvalue weighted by Gasteiger charge is -2.28. The molecule has 7 nitrogen and oxygen atoms in total. The molecule has 4 rings (SSSR count). The number of halogens is 1. The molecule has 0 radical (unpaired) electrons. The van der Waals surface area contributed by atoms with Crippen molar-refractivity contribution in [3.63, 3.8) is 0 Å². The van der Waals surface area contributed by atoms with Gasteiger partial charge in [-0.2, -0.15) is 0 Å². The molecule has 1 saturated heterocycles. The van der Waals surface area contributed by atoms with Crippen molar-refractivity contribution >= 4 is 35.0 Å². The Bertz CT molecular complexity index is 1260. The first kappa shape index (κ1) is 24.3. The maximum Gasteiger partial charge on any atom is 0.257 e. The largest absolute Gasteiger partial charge is 0.493 e. The summed E-state index contributed by atoms with van der Waals surface area (Å²) in [5, 5.41) is 0.494. The highest BCUT2D eigenvalue weighted by Crippen LogP contribution is 2.31. The Kier molecular flexibility index (Phi) is 7.07. The van der Waals surface area contributed by atoms with Crippen LogP contribution in [0.25, 0.3) is 0 Å². The highest BCUT2D eigenvalue weighted by Gasteiger charge is 2.44. The molecule has 0 saturated carbocycles. The van der Waals surface area contributed by atoms with Gasteiger partial charge in [-0.1, -0.05) is 41.4 Å². The molecule has 180 valence electrons. The van der Waals surface area contributed by atoms with E-state index in [1.807, 2.05) is 31.2 Å². The van der Waals surface area contributed by atoms with E-state index in [1.165, 1.54) is 19.1 Å². The average molecular weight is 493 g/mol. The summed E-state index contributed by atoms with van der Waals surface area (Å²) in [6, 6.07) is 18.0. The number of benzene rings is 3. The summed E-state index contributed by atoms with van der Waals surface area (Å²) in [7, 11) is 3.00. The normalized spacial score (nSPS) is 15.3. The van der Waals surface area contributed by atoms with E-state index in [0.717, 1.165) is 16.0 Å². The van der Waals surface area contributed by atoms with Gasteiger partial charge in [-0.3, -0.25) is 14.4 Å². The first-order chi connectivity index (χ1) is 16.8. The second-order valence-corrected chi connectivity index (χ2v) is 8.69. The first-order valence-electron chi connectivity index (χ1n) is 11.0. The molecular weight excluding hydrogens is 468 g/mol. The highest BCUT2D eigenvalue weighted by molar-refractivity contribution is 6.31. The van der Waals surface area contributed by atoms with Gasteiger partial charge in [-0.05, 0) is 55.0 Å². The van der Waals surface area contributed by atoms with Gasteiger partial charge in [-0.25, -0.2) is 4.90 Å². The zero-order chi connectivity index (χ0) is 25.1. The number of amides is 3. The summed E-state index contributed by atoms with van der Waals surface area (Å²) in [6.07, 6.45) is -0.119. The lowest BCUT2D eigenvalue weighted by molar-refractivity contribution is -0.122. The molecule has 1 unspecified atom stereocenters. The molecular formula is C27H25ClN2O5. The Balaban J connectivity index is 1.71. The minimum atomic E-state index is -0.958. The van der Waals surface area contributed by atoms with E-state index in [2.05, 4.69) is 0 Å². The van der Waals surface area contributed by atoms with Crippen molar-refractivity contribution in [2.24, 2.45) is 0 Å². The van der Waals surface area contributed by atoms with E-state index in [-0.39, 0.29) is 18.9 Å².